The lowest BCUT2D eigenvalue weighted by molar-refractivity contribution is -0.106. The molecule has 114 valence electrons. The molecule has 0 unspecified atom stereocenters. The molecule has 0 saturated heterocycles. The number of hydrogen-bond donors (Lipinski definition) is 9. The Morgan fingerprint density at radius 3 is 0.611 bits per heavy atom. The van der Waals surface area contributed by atoms with E-state index >= 15 is 0 Å². The van der Waals surface area contributed by atoms with Crippen molar-refractivity contribution in [3.63, 3.8) is 0 Å². The molecule has 18 heavy (non-hydrogen) atoms. The van der Waals surface area contributed by atoms with E-state index in [1.54, 1.807) is 0 Å². The topological polar surface area (TPSA) is 250 Å². The maximum atomic E-state index is 8.88. The predicted octanol–water partition coefficient (Wildman–Crippen LogP) is -2.58. The van der Waals surface area contributed by atoms with Crippen LogP contribution >= 0.6 is 23.5 Å². The summed E-state index contributed by atoms with van der Waals surface area (Å²) in [5, 5.41) is 0. The summed E-state index contributed by atoms with van der Waals surface area (Å²) in [6.45, 7) is 1.44. The Morgan fingerprint density at radius 2 is 0.611 bits per heavy atom. The predicted molar refractivity (Wildman–Crippen MR) is 54.5 cm³/mol. The number of rotatable bonds is 0. The minimum absolute atomic E-state index is 0.750. The van der Waals surface area contributed by atoms with Gasteiger partial charge >= 0.3 is 23.5 Å². The highest BCUT2D eigenvalue weighted by atomic mass is 31.2. The summed E-state index contributed by atoms with van der Waals surface area (Å²) in [6.07, 6.45) is 0.750. The van der Waals surface area contributed by atoms with Gasteiger partial charge in [-0.2, -0.15) is 0 Å². The smallest absolute Gasteiger partial charge is 0.304 e. The molecule has 9 N–H and O–H groups in total. The van der Waals surface area contributed by atoms with Gasteiger partial charge in [-0.15, -0.1) is 0 Å². The lowest BCUT2D eigenvalue weighted by Crippen LogP contribution is -1.66. The minimum atomic E-state index is -4.64. The highest BCUT2D eigenvalue weighted by Gasteiger charge is 2.01. The van der Waals surface area contributed by atoms with Gasteiger partial charge in [-0.05, 0) is 6.92 Å². The molecule has 0 amide bonds. The van der Waals surface area contributed by atoms with Gasteiger partial charge in [0.05, 0.1) is 0 Å². The molecule has 0 aliphatic heterocycles. The first-order valence-electron chi connectivity index (χ1n) is 3.16. The molecule has 0 rings (SSSR count). The van der Waals surface area contributed by atoms with Crippen LogP contribution in [0.15, 0.2) is 0 Å². The molecule has 0 aromatic carbocycles. The van der Waals surface area contributed by atoms with Crippen molar-refractivity contribution in [1.82, 2.24) is 0 Å². The van der Waals surface area contributed by atoms with Crippen molar-refractivity contribution in [1.29, 1.82) is 0 Å². The van der Waals surface area contributed by atoms with E-state index < -0.39 is 23.5 Å². The van der Waals surface area contributed by atoms with Crippen LogP contribution in [-0.2, 0) is 18.5 Å². The van der Waals surface area contributed by atoms with Gasteiger partial charge in [0.25, 0.3) is 0 Å². The normalized spacial score (nSPS) is 10.6. The second-order valence-corrected chi connectivity index (χ2v) is 4.86. The van der Waals surface area contributed by atoms with E-state index in [2.05, 4.69) is 0 Å². The molecular formula is C2H13O13P3. The van der Waals surface area contributed by atoms with E-state index in [0.717, 1.165) is 6.29 Å². The summed E-state index contributed by atoms with van der Waals surface area (Å²) in [5.41, 5.74) is 0. The first kappa shape index (κ1) is 26.5. The molecule has 0 heterocycles. The Labute approximate surface area is 100 Å². The van der Waals surface area contributed by atoms with Crippen LogP contribution in [-0.4, -0.2) is 50.3 Å². The Morgan fingerprint density at radius 1 is 0.611 bits per heavy atom. The number of aldehydes is 1. The van der Waals surface area contributed by atoms with Crippen LogP contribution in [0.1, 0.15) is 6.92 Å². The third kappa shape index (κ3) is 747999999999999966207801805949108224. The van der Waals surface area contributed by atoms with E-state index in [0.29, 0.717) is 0 Å². The van der Waals surface area contributed by atoms with Crippen molar-refractivity contribution in [2.24, 2.45) is 0 Å². The molecule has 0 atom stereocenters. The van der Waals surface area contributed by atoms with Gasteiger partial charge in [0.15, 0.2) is 0 Å². The van der Waals surface area contributed by atoms with Crippen molar-refractivity contribution in [3.8, 4) is 0 Å². The summed E-state index contributed by atoms with van der Waals surface area (Å²) < 4.78 is 26.6. The molecule has 0 bridgehead atoms. The molecule has 0 aromatic heterocycles. The Balaban J connectivity index is -0.0000000739. The van der Waals surface area contributed by atoms with Crippen molar-refractivity contribution in [2.45, 2.75) is 6.92 Å². The molecule has 0 spiro atoms. The van der Waals surface area contributed by atoms with Gasteiger partial charge in [-0.25, -0.2) is 13.7 Å². The molecule has 13 nitrogen and oxygen atoms in total. The molecular weight excluding hydrogens is 325 g/mol. The number of hydrogen-bond acceptors (Lipinski definition) is 4. The highest BCUT2D eigenvalue weighted by molar-refractivity contribution is 7.45. The first-order valence-corrected chi connectivity index (χ1v) is 7.86. The van der Waals surface area contributed by atoms with Crippen LogP contribution in [0.25, 0.3) is 0 Å². The summed E-state index contributed by atoms with van der Waals surface area (Å²) in [5.74, 6) is 0. The quantitative estimate of drug-likeness (QED) is 0.163. The Hall–Kier alpha value is -0.0000000000000000694. The van der Waals surface area contributed by atoms with E-state index in [4.69, 9.17) is 62.5 Å². The SMILES string of the molecule is CC=O.O=P(O)(O)O.O=P(O)(O)O.O=P(O)(O)O. The standard InChI is InChI=1S/C2H4O.3H3O4P/c1-2-3;3*1-5(2,3)4/h2H,1H3;3*(H3,1,2,3,4). The summed E-state index contributed by atoms with van der Waals surface area (Å²) in [7, 11) is -13.9. The molecule has 0 radical (unpaired) electrons. The van der Waals surface area contributed by atoms with Gasteiger partial charge in [0.1, 0.15) is 6.29 Å². The van der Waals surface area contributed by atoms with Gasteiger partial charge in [-0.3, -0.25) is 0 Å². The molecule has 0 aliphatic rings. The highest BCUT2D eigenvalue weighted by Crippen LogP contribution is 2.26. The van der Waals surface area contributed by atoms with Gasteiger partial charge in [-0.1, -0.05) is 0 Å². The van der Waals surface area contributed by atoms with E-state index in [1.165, 1.54) is 6.92 Å². The minimum Gasteiger partial charge on any atom is -0.304 e. The molecule has 0 fully saturated rings. The van der Waals surface area contributed by atoms with E-state index in [-0.39, 0.29) is 0 Å². The monoisotopic (exact) mass is 338 g/mol. The number of carbonyl (C=O) groups excluding carboxylic acids is 1. The van der Waals surface area contributed by atoms with E-state index in [9.17, 15) is 0 Å². The molecule has 0 aromatic rings. The number of carbonyl (C=O) groups is 1. The fraction of sp³-hybridized carbons (Fsp3) is 0.500. The fourth-order valence-corrected chi connectivity index (χ4v) is 0. The zero-order valence-corrected chi connectivity index (χ0v) is 11.3. The fourth-order valence-electron chi connectivity index (χ4n) is 0. The second kappa shape index (κ2) is 12.1. The lowest BCUT2D eigenvalue weighted by Gasteiger charge is -1.82. The number of phosphoric acid groups is 3. The average molecular weight is 338 g/mol. The zero-order valence-electron chi connectivity index (χ0n) is 8.58. The lowest BCUT2D eigenvalue weighted by atomic mass is 11.0. The summed E-state index contributed by atoms with van der Waals surface area (Å²) in [6, 6.07) is 0. The van der Waals surface area contributed by atoms with Crippen molar-refractivity contribution in [2.75, 3.05) is 0 Å². The van der Waals surface area contributed by atoms with E-state index in [1.807, 2.05) is 0 Å². The molecule has 16 heteroatoms. The van der Waals surface area contributed by atoms with Crippen LogP contribution in [0, 0.1) is 0 Å². The van der Waals surface area contributed by atoms with Crippen molar-refractivity contribution >= 4 is 29.8 Å². The largest absolute Gasteiger partial charge is 0.466 e. The Bertz CT molecular complexity index is 243. The summed E-state index contributed by atoms with van der Waals surface area (Å²) >= 11 is 0. The van der Waals surface area contributed by atoms with Gasteiger partial charge in [0.2, 0.25) is 0 Å². The van der Waals surface area contributed by atoms with Crippen LogP contribution in [0.2, 0.25) is 0 Å². The zero-order chi connectivity index (χ0) is 16.2. The maximum absolute atomic E-state index is 8.88. The van der Waals surface area contributed by atoms with Crippen LogP contribution in [0.5, 0.6) is 0 Å². The van der Waals surface area contributed by atoms with Crippen LogP contribution in [0.3, 0.4) is 0 Å². The second-order valence-electron chi connectivity index (χ2n) is 1.78. The summed E-state index contributed by atoms with van der Waals surface area (Å²) in [4.78, 5) is 73.5. The Kier molecular flexibility index (Phi) is 17.8. The van der Waals surface area contributed by atoms with Gasteiger partial charge in [0, 0.05) is 0 Å². The van der Waals surface area contributed by atoms with Crippen molar-refractivity contribution in [3.05, 3.63) is 0 Å². The average Bonchev–Trinajstić information content (AvgIpc) is 1.71. The van der Waals surface area contributed by atoms with Crippen molar-refractivity contribution < 1.29 is 62.5 Å². The molecule has 0 aliphatic carbocycles. The third-order valence-electron chi connectivity index (χ3n) is 0. The first-order chi connectivity index (χ1) is 7.41. The molecule has 0 saturated carbocycles. The van der Waals surface area contributed by atoms with Gasteiger partial charge < -0.3 is 48.8 Å². The maximum Gasteiger partial charge on any atom is 0.466 e. The third-order valence-corrected chi connectivity index (χ3v) is 0. The van der Waals surface area contributed by atoms with Crippen LogP contribution in [0.4, 0.5) is 0 Å². The van der Waals surface area contributed by atoms with Crippen LogP contribution < -0.4 is 0 Å².